The minimum Gasteiger partial charge on any atom is -0.360 e. The van der Waals surface area contributed by atoms with Crippen LogP contribution in [-0.4, -0.2) is 44.7 Å². The van der Waals surface area contributed by atoms with Gasteiger partial charge in [0.2, 0.25) is 0 Å². The first-order valence-corrected chi connectivity index (χ1v) is 8.12. The maximum Gasteiger partial charge on any atom is 0.278 e. The van der Waals surface area contributed by atoms with Crippen LogP contribution >= 0.6 is 11.6 Å². The van der Waals surface area contributed by atoms with Gasteiger partial charge in [0.15, 0.2) is 6.04 Å². The molecule has 1 saturated heterocycles. The van der Waals surface area contributed by atoms with Gasteiger partial charge in [0.25, 0.3) is 5.91 Å². The number of nitrogens with zero attached hydrogens (tertiary/aromatic N) is 1. The Morgan fingerprint density at radius 3 is 2.76 bits per heavy atom. The number of nitrogens with one attached hydrogen (secondary N) is 2. The van der Waals surface area contributed by atoms with Crippen molar-refractivity contribution >= 4 is 23.2 Å². The van der Waals surface area contributed by atoms with E-state index in [1.54, 1.807) is 0 Å². The molecule has 1 aromatic rings. The van der Waals surface area contributed by atoms with Gasteiger partial charge < -0.3 is 15.1 Å². The van der Waals surface area contributed by atoms with Gasteiger partial charge in [-0.2, -0.15) is 0 Å². The molecule has 1 fully saturated rings. The molecule has 0 spiro atoms. The first-order valence-electron chi connectivity index (χ1n) is 7.74. The van der Waals surface area contributed by atoms with Crippen molar-refractivity contribution in [1.29, 1.82) is 0 Å². The van der Waals surface area contributed by atoms with Gasteiger partial charge in [-0.25, -0.2) is 0 Å². The van der Waals surface area contributed by atoms with Crippen molar-refractivity contribution < 1.29 is 9.69 Å². The number of amides is 1. The molecule has 5 heteroatoms. The molecule has 0 aromatic heterocycles. The van der Waals surface area contributed by atoms with Crippen LogP contribution in [-0.2, 0) is 4.79 Å². The van der Waals surface area contributed by atoms with E-state index in [2.05, 4.69) is 23.2 Å². The fourth-order valence-corrected chi connectivity index (χ4v) is 2.93. The van der Waals surface area contributed by atoms with Crippen LogP contribution in [0.25, 0.3) is 0 Å². The maximum absolute atomic E-state index is 12.0. The van der Waals surface area contributed by atoms with Crippen LogP contribution in [0.2, 0.25) is 5.02 Å². The lowest BCUT2D eigenvalue weighted by molar-refractivity contribution is -0.914. The van der Waals surface area contributed by atoms with E-state index in [0.717, 1.165) is 44.2 Å². The second-order valence-corrected chi connectivity index (χ2v) is 6.07. The highest BCUT2D eigenvalue weighted by Crippen LogP contribution is 2.19. The molecule has 1 atom stereocenters. The lowest BCUT2D eigenvalue weighted by Gasteiger charge is -2.36. The third-order valence-corrected chi connectivity index (χ3v) is 4.37. The Morgan fingerprint density at radius 1 is 1.43 bits per heavy atom. The number of anilines is 1. The lowest BCUT2D eigenvalue weighted by atomic mass is 10.2. The summed E-state index contributed by atoms with van der Waals surface area (Å²) in [5.41, 5.74) is 1.17. The molecular formula is C16H25ClN3O+. The van der Waals surface area contributed by atoms with Crippen molar-refractivity contribution in [1.82, 2.24) is 5.32 Å². The van der Waals surface area contributed by atoms with Gasteiger partial charge in [-0.3, -0.25) is 4.79 Å². The Kier molecular flexibility index (Phi) is 5.88. The molecule has 0 radical (unpaired) electrons. The van der Waals surface area contributed by atoms with Gasteiger partial charge >= 0.3 is 0 Å². The minimum absolute atomic E-state index is 0.0260. The van der Waals surface area contributed by atoms with Crippen molar-refractivity contribution in [2.45, 2.75) is 26.3 Å². The van der Waals surface area contributed by atoms with E-state index >= 15 is 0 Å². The molecule has 4 nitrogen and oxygen atoms in total. The number of halogens is 1. The second-order valence-electron chi connectivity index (χ2n) is 5.64. The van der Waals surface area contributed by atoms with E-state index in [1.807, 2.05) is 25.1 Å². The summed E-state index contributed by atoms with van der Waals surface area (Å²) in [5.74, 6) is 0.169. The largest absolute Gasteiger partial charge is 0.360 e. The standard InChI is InChI=1S/C16H24ClN3O/c1-3-7-18-16(21)13(2)19-8-10-20(11-9-19)15-6-4-5-14(17)12-15/h4-6,12-13H,3,7-11H2,1-2H3,(H,18,21)/p+1/t13-/m0/s1. The highest BCUT2D eigenvalue weighted by atomic mass is 35.5. The topological polar surface area (TPSA) is 36.8 Å². The molecule has 0 saturated carbocycles. The molecule has 0 unspecified atom stereocenters. The Bertz CT molecular complexity index is 472. The summed E-state index contributed by atoms with van der Waals surface area (Å²) < 4.78 is 0. The Hall–Kier alpha value is -1.26. The van der Waals surface area contributed by atoms with E-state index in [9.17, 15) is 4.79 Å². The van der Waals surface area contributed by atoms with Crippen molar-refractivity contribution in [3.8, 4) is 0 Å². The van der Waals surface area contributed by atoms with Crippen LogP contribution < -0.4 is 15.1 Å². The number of piperazine rings is 1. The maximum atomic E-state index is 12.0. The number of hydrogen-bond donors (Lipinski definition) is 2. The number of carbonyl (C=O) groups excluding carboxylic acids is 1. The van der Waals surface area contributed by atoms with Crippen molar-refractivity contribution in [2.24, 2.45) is 0 Å². The van der Waals surface area contributed by atoms with E-state index < -0.39 is 0 Å². The predicted octanol–water partition coefficient (Wildman–Crippen LogP) is 0.960. The smallest absolute Gasteiger partial charge is 0.278 e. The molecule has 1 amide bonds. The van der Waals surface area contributed by atoms with Crippen LogP contribution in [0.15, 0.2) is 24.3 Å². The number of carbonyl (C=O) groups is 1. The molecule has 1 aliphatic rings. The normalized spacial score (nSPS) is 17.6. The SMILES string of the molecule is CCCNC(=O)[C@H](C)[NH+]1CCN(c2cccc(Cl)c2)CC1. The molecule has 1 aliphatic heterocycles. The zero-order valence-electron chi connectivity index (χ0n) is 12.9. The molecule has 21 heavy (non-hydrogen) atoms. The number of benzene rings is 1. The predicted molar refractivity (Wildman–Crippen MR) is 87.1 cm³/mol. The van der Waals surface area contributed by atoms with E-state index in [0.29, 0.717) is 0 Å². The Labute approximate surface area is 132 Å². The molecule has 116 valence electrons. The van der Waals surface area contributed by atoms with Gasteiger partial charge in [0, 0.05) is 17.3 Å². The molecule has 2 rings (SSSR count). The fraction of sp³-hybridized carbons (Fsp3) is 0.562. The molecule has 0 aliphatic carbocycles. The van der Waals surface area contributed by atoms with Gasteiger partial charge in [0.05, 0.1) is 26.2 Å². The summed E-state index contributed by atoms with van der Waals surface area (Å²) in [6.45, 7) is 8.74. The van der Waals surface area contributed by atoms with Gasteiger partial charge in [-0.05, 0) is 31.5 Å². The number of hydrogen-bond acceptors (Lipinski definition) is 2. The van der Waals surface area contributed by atoms with Gasteiger partial charge in [0.1, 0.15) is 0 Å². The first kappa shape index (κ1) is 16.1. The summed E-state index contributed by atoms with van der Waals surface area (Å²) in [4.78, 5) is 15.7. The zero-order chi connectivity index (χ0) is 15.2. The summed E-state index contributed by atoms with van der Waals surface area (Å²) >= 11 is 6.05. The summed E-state index contributed by atoms with van der Waals surface area (Å²) in [5, 5.41) is 3.76. The average Bonchev–Trinajstić information content (AvgIpc) is 2.52. The average molecular weight is 311 g/mol. The third kappa shape index (κ3) is 4.35. The second kappa shape index (κ2) is 7.66. The van der Waals surface area contributed by atoms with Crippen LogP contribution in [0.5, 0.6) is 0 Å². The summed E-state index contributed by atoms with van der Waals surface area (Å²) in [6, 6.07) is 8.00. The van der Waals surface area contributed by atoms with Crippen molar-refractivity contribution in [2.75, 3.05) is 37.6 Å². The molecule has 1 aromatic carbocycles. The van der Waals surface area contributed by atoms with E-state index in [-0.39, 0.29) is 11.9 Å². The molecule has 2 N–H and O–H groups in total. The highest BCUT2D eigenvalue weighted by Gasteiger charge is 2.28. The fourth-order valence-electron chi connectivity index (χ4n) is 2.74. The summed E-state index contributed by atoms with van der Waals surface area (Å²) in [7, 11) is 0. The van der Waals surface area contributed by atoms with Crippen LogP contribution in [0.3, 0.4) is 0 Å². The number of rotatable bonds is 5. The lowest BCUT2D eigenvalue weighted by Crippen LogP contribution is -3.19. The molecular weight excluding hydrogens is 286 g/mol. The Morgan fingerprint density at radius 2 is 2.14 bits per heavy atom. The van der Waals surface area contributed by atoms with Crippen LogP contribution in [0, 0.1) is 0 Å². The van der Waals surface area contributed by atoms with Gasteiger partial charge in [-0.15, -0.1) is 0 Å². The van der Waals surface area contributed by atoms with Crippen LogP contribution in [0.1, 0.15) is 20.3 Å². The van der Waals surface area contributed by atoms with Crippen molar-refractivity contribution in [3.05, 3.63) is 29.3 Å². The Balaban J connectivity index is 1.86. The van der Waals surface area contributed by atoms with Crippen molar-refractivity contribution in [3.63, 3.8) is 0 Å². The van der Waals surface area contributed by atoms with E-state index in [1.165, 1.54) is 10.6 Å². The van der Waals surface area contributed by atoms with Gasteiger partial charge in [-0.1, -0.05) is 24.6 Å². The molecule has 1 heterocycles. The molecule has 0 bridgehead atoms. The van der Waals surface area contributed by atoms with E-state index in [4.69, 9.17) is 11.6 Å². The third-order valence-electron chi connectivity index (χ3n) is 4.13. The zero-order valence-corrected chi connectivity index (χ0v) is 13.6. The minimum atomic E-state index is 0.0260. The van der Waals surface area contributed by atoms with Crippen LogP contribution in [0.4, 0.5) is 5.69 Å². The summed E-state index contributed by atoms with van der Waals surface area (Å²) in [6.07, 6.45) is 0.982. The highest BCUT2D eigenvalue weighted by molar-refractivity contribution is 6.30. The monoisotopic (exact) mass is 310 g/mol. The number of quaternary nitrogens is 1. The first-order chi connectivity index (χ1) is 10.1. The quantitative estimate of drug-likeness (QED) is 0.850.